The Kier molecular flexibility index (Phi) is 13.2. The van der Waals surface area contributed by atoms with Gasteiger partial charge in [0, 0.05) is 18.2 Å². The molecule has 0 fully saturated rings. The van der Waals surface area contributed by atoms with Crippen molar-refractivity contribution in [1.29, 1.82) is 0 Å². The van der Waals surface area contributed by atoms with Crippen LogP contribution in [0, 0.1) is 0 Å². The molecule has 3 aromatic carbocycles. The number of unbranched alkanes of at least 4 members (excludes halogenated alkanes) is 3. The Bertz CT molecular complexity index is 1490. The number of carbonyl (C=O) groups excluding carboxylic acids is 4. The van der Waals surface area contributed by atoms with E-state index in [1.807, 2.05) is 6.07 Å². The highest BCUT2D eigenvalue weighted by Gasteiger charge is 2.11. The van der Waals surface area contributed by atoms with E-state index in [1.54, 1.807) is 73.8 Å². The Morgan fingerprint density at radius 3 is 1.98 bits per heavy atom. The summed E-state index contributed by atoms with van der Waals surface area (Å²) in [6.45, 7) is 7.52. The molecule has 0 aliphatic rings. The number of rotatable bonds is 16. The summed E-state index contributed by atoms with van der Waals surface area (Å²) in [5.74, 6) is -1.02. The van der Waals surface area contributed by atoms with Crippen LogP contribution in [0.4, 0.5) is 0 Å². The summed E-state index contributed by atoms with van der Waals surface area (Å²) in [6.07, 6.45) is 8.51. The molecule has 0 saturated heterocycles. The van der Waals surface area contributed by atoms with Crippen molar-refractivity contribution < 1.29 is 42.9 Å². The number of hydrogen-bond donors (Lipinski definition) is 0. The van der Waals surface area contributed by atoms with Gasteiger partial charge in [-0.1, -0.05) is 43.5 Å². The highest BCUT2D eigenvalue weighted by molar-refractivity contribution is 6.00. The maximum absolute atomic E-state index is 12.4. The fraction of sp³-hybridized carbons (Fsp3) is 0.200. The monoisotopic (exact) mass is 598 g/mol. The summed E-state index contributed by atoms with van der Waals surface area (Å²) in [7, 11) is 1.55. The molecule has 0 aromatic heterocycles. The molecule has 0 aliphatic carbocycles. The molecule has 0 aliphatic heterocycles. The van der Waals surface area contributed by atoms with Crippen molar-refractivity contribution in [3.8, 4) is 28.4 Å². The van der Waals surface area contributed by atoms with Crippen LogP contribution in [-0.4, -0.2) is 44.2 Å². The van der Waals surface area contributed by atoms with Gasteiger partial charge in [0.15, 0.2) is 11.5 Å². The first kappa shape index (κ1) is 33.1. The van der Waals surface area contributed by atoms with Crippen LogP contribution in [0.5, 0.6) is 17.2 Å². The average Bonchev–Trinajstić information content (AvgIpc) is 3.05. The van der Waals surface area contributed by atoms with Crippen LogP contribution in [0.25, 0.3) is 17.2 Å². The number of esters is 4. The van der Waals surface area contributed by atoms with Crippen LogP contribution in [0.1, 0.15) is 41.6 Å². The molecule has 0 amide bonds. The third-order valence-corrected chi connectivity index (χ3v) is 6.19. The van der Waals surface area contributed by atoms with Crippen molar-refractivity contribution in [2.45, 2.75) is 25.7 Å². The van der Waals surface area contributed by atoms with Gasteiger partial charge in [0.25, 0.3) is 0 Å². The van der Waals surface area contributed by atoms with Crippen molar-refractivity contribution in [2.75, 3.05) is 20.3 Å². The maximum Gasteiger partial charge on any atom is 0.346 e. The highest BCUT2D eigenvalue weighted by Crippen LogP contribution is 2.29. The van der Waals surface area contributed by atoms with Gasteiger partial charge in [-0.15, -0.1) is 0 Å². The van der Waals surface area contributed by atoms with Gasteiger partial charge in [-0.3, -0.25) is 0 Å². The Morgan fingerprint density at radius 1 is 0.705 bits per heavy atom. The lowest BCUT2D eigenvalue weighted by Crippen LogP contribution is -2.09. The molecule has 0 N–H and O–H groups in total. The SMILES string of the molecule is C=CC(=O)OCCCCCCOc1ccc(/C=C/C(=O)Oc2ccc(-c3ccc(C(=O)OC(=O)C=C)cc3)cc2)cc1OC. The second-order valence-electron chi connectivity index (χ2n) is 9.31. The van der Waals surface area contributed by atoms with Crippen molar-refractivity contribution >= 4 is 30.0 Å². The molecule has 9 nitrogen and oxygen atoms in total. The molecular weight excluding hydrogens is 564 g/mol. The van der Waals surface area contributed by atoms with E-state index in [4.69, 9.17) is 18.9 Å². The first-order chi connectivity index (χ1) is 21.3. The zero-order valence-corrected chi connectivity index (χ0v) is 24.5. The van der Waals surface area contributed by atoms with E-state index >= 15 is 0 Å². The minimum atomic E-state index is -0.816. The Morgan fingerprint density at radius 2 is 1.34 bits per heavy atom. The molecule has 228 valence electrons. The summed E-state index contributed by atoms with van der Waals surface area (Å²) in [5.41, 5.74) is 2.62. The molecule has 0 unspecified atom stereocenters. The summed E-state index contributed by atoms with van der Waals surface area (Å²) in [5, 5.41) is 0. The molecule has 0 radical (unpaired) electrons. The lowest BCUT2D eigenvalue weighted by molar-refractivity contribution is -0.138. The number of methoxy groups -OCH3 is 1. The summed E-state index contributed by atoms with van der Waals surface area (Å²) in [4.78, 5) is 46.6. The molecule has 0 saturated carbocycles. The minimum absolute atomic E-state index is 0.232. The third kappa shape index (κ3) is 10.8. The summed E-state index contributed by atoms with van der Waals surface area (Å²) in [6, 6.07) is 18.8. The zero-order chi connectivity index (χ0) is 31.7. The predicted octanol–water partition coefficient (Wildman–Crippen LogP) is 6.52. The molecule has 9 heteroatoms. The van der Waals surface area contributed by atoms with Crippen molar-refractivity contribution in [3.63, 3.8) is 0 Å². The van der Waals surface area contributed by atoms with Gasteiger partial charge in [-0.2, -0.15) is 0 Å². The molecule has 3 aromatic rings. The van der Waals surface area contributed by atoms with E-state index < -0.39 is 23.9 Å². The predicted molar refractivity (Wildman–Crippen MR) is 165 cm³/mol. The van der Waals surface area contributed by atoms with Gasteiger partial charge in [0.2, 0.25) is 0 Å². The van der Waals surface area contributed by atoms with E-state index in [2.05, 4.69) is 17.9 Å². The Hall–Kier alpha value is -5.44. The molecule has 0 atom stereocenters. The molecule has 44 heavy (non-hydrogen) atoms. The van der Waals surface area contributed by atoms with Crippen LogP contribution < -0.4 is 14.2 Å². The van der Waals surface area contributed by atoms with E-state index in [-0.39, 0.29) is 5.56 Å². The summed E-state index contributed by atoms with van der Waals surface area (Å²) < 4.78 is 26.3. The molecular formula is C35H34O9. The number of benzene rings is 3. The van der Waals surface area contributed by atoms with E-state index in [9.17, 15) is 19.2 Å². The molecule has 3 rings (SSSR count). The fourth-order valence-electron chi connectivity index (χ4n) is 3.90. The van der Waals surface area contributed by atoms with Gasteiger partial charge >= 0.3 is 23.9 Å². The Labute approximate surface area is 256 Å². The molecule has 0 heterocycles. The van der Waals surface area contributed by atoms with Gasteiger partial charge in [0.05, 0.1) is 25.9 Å². The minimum Gasteiger partial charge on any atom is -0.493 e. The van der Waals surface area contributed by atoms with Crippen molar-refractivity contribution in [2.24, 2.45) is 0 Å². The van der Waals surface area contributed by atoms with Crippen LogP contribution in [0.15, 0.2) is 98.1 Å². The van der Waals surface area contributed by atoms with Crippen molar-refractivity contribution in [3.05, 3.63) is 109 Å². The lowest BCUT2D eigenvalue weighted by atomic mass is 10.0. The smallest absolute Gasteiger partial charge is 0.346 e. The Balaban J connectivity index is 1.46. The van der Waals surface area contributed by atoms with E-state index in [1.165, 1.54) is 6.08 Å². The van der Waals surface area contributed by atoms with E-state index in [0.717, 1.165) is 54.5 Å². The lowest BCUT2D eigenvalue weighted by Gasteiger charge is -2.11. The first-order valence-electron chi connectivity index (χ1n) is 13.9. The summed E-state index contributed by atoms with van der Waals surface area (Å²) >= 11 is 0. The second-order valence-corrected chi connectivity index (χ2v) is 9.31. The number of carbonyl (C=O) groups is 4. The van der Waals surface area contributed by atoms with E-state index in [0.29, 0.717) is 30.5 Å². The fourth-order valence-corrected chi connectivity index (χ4v) is 3.90. The maximum atomic E-state index is 12.4. The normalized spacial score (nSPS) is 10.5. The van der Waals surface area contributed by atoms with Crippen molar-refractivity contribution in [1.82, 2.24) is 0 Å². The standard InChI is InChI=1S/C35H34O9/c1-4-32(36)42-23-9-7-6-8-22-41-30-20-10-25(24-31(30)40-3)11-21-34(38)43-29-18-16-27(17-19-29)26-12-14-28(15-13-26)35(39)44-33(37)5-2/h4-5,10-21,24H,1-2,6-9,22-23H2,3H3/b21-11+. The topological polar surface area (TPSA) is 114 Å². The van der Waals surface area contributed by atoms with Crippen LogP contribution in [0.2, 0.25) is 0 Å². The first-order valence-corrected chi connectivity index (χ1v) is 13.9. The third-order valence-electron chi connectivity index (χ3n) is 6.19. The van der Waals surface area contributed by atoms with Crippen LogP contribution >= 0.6 is 0 Å². The quantitative estimate of drug-likeness (QED) is 0.0598. The number of hydrogen-bond acceptors (Lipinski definition) is 9. The average molecular weight is 599 g/mol. The largest absolute Gasteiger partial charge is 0.493 e. The van der Waals surface area contributed by atoms with Gasteiger partial charge < -0.3 is 23.7 Å². The molecule has 0 bridgehead atoms. The van der Waals surface area contributed by atoms with Gasteiger partial charge in [0.1, 0.15) is 5.75 Å². The van der Waals surface area contributed by atoms with Gasteiger partial charge in [-0.05, 0) is 84.8 Å². The molecule has 0 spiro atoms. The zero-order valence-electron chi connectivity index (χ0n) is 24.5. The highest BCUT2D eigenvalue weighted by atomic mass is 16.6. The van der Waals surface area contributed by atoms with Crippen LogP contribution in [-0.2, 0) is 23.9 Å². The second kappa shape index (κ2) is 17.5. The van der Waals surface area contributed by atoms with Gasteiger partial charge in [-0.25, -0.2) is 19.2 Å². The number of ether oxygens (including phenoxy) is 5. The van der Waals surface area contributed by atoms with Crippen LogP contribution in [0.3, 0.4) is 0 Å².